The number of aryl methyl sites for hydroxylation is 1. The van der Waals surface area contributed by atoms with Gasteiger partial charge in [-0.15, -0.1) is 0 Å². The topological polar surface area (TPSA) is 54.2 Å². The highest BCUT2D eigenvalue weighted by molar-refractivity contribution is 5.17. The lowest BCUT2D eigenvalue weighted by Gasteiger charge is -2.19. The van der Waals surface area contributed by atoms with Crippen LogP contribution in [0.2, 0.25) is 0 Å². The van der Waals surface area contributed by atoms with Crippen LogP contribution in [-0.2, 0) is 0 Å². The maximum Gasteiger partial charge on any atom is 0.321 e. The molecule has 1 saturated heterocycles. The average molecular weight is 224 g/mol. The van der Waals surface area contributed by atoms with Crippen molar-refractivity contribution in [1.82, 2.24) is 15.0 Å². The molecule has 1 aliphatic rings. The van der Waals surface area contributed by atoms with E-state index < -0.39 is 0 Å². The number of rotatable bonds is 4. The van der Waals surface area contributed by atoms with Crippen molar-refractivity contribution in [1.29, 1.82) is 0 Å². The van der Waals surface area contributed by atoms with Crippen LogP contribution >= 0.6 is 0 Å². The molecule has 1 fully saturated rings. The van der Waals surface area contributed by atoms with Gasteiger partial charge in [0.05, 0.1) is 0 Å². The molecule has 0 amide bonds. The highest BCUT2D eigenvalue weighted by Crippen LogP contribution is 2.09. The van der Waals surface area contributed by atoms with Crippen molar-refractivity contribution in [2.45, 2.75) is 32.6 Å². The van der Waals surface area contributed by atoms with Gasteiger partial charge in [-0.25, -0.2) is 0 Å². The minimum atomic E-state index is 0.535. The molecule has 1 N–H and O–H groups in total. The molecule has 0 radical (unpaired) electrons. The Labute approximate surface area is 96.2 Å². The smallest absolute Gasteiger partial charge is 0.321 e. The molecule has 2 rings (SSSR count). The Bertz CT molecular complexity index is 305. The summed E-state index contributed by atoms with van der Waals surface area (Å²) >= 11 is 0. The zero-order chi connectivity index (χ0) is 11.2. The minimum Gasteiger partial charge on any atom is -0.336 e. The first-order valence-electron chi connectivity index (χ1n) is 6.11. The lowest BCUT2D eigenvalue weighted by atomic mass is 10.2. The van der Waals surface area contributed by atoms with Crippen LogP contribution in [0.3, 0.4) is 0 Å². The van der Waals surface area contributed by atoms with Gasteiger partial charge >= 0.3 is 6.01 Å². The van der Waals surface area contributed by atoms with Gasteiger partial charge in [-0.3, -0.25) is 0 Å². The summed E-state index contributed by atoms with van der Waals surface area (Å²) < 4.78 is 4.99. The number of hydrogen-bond acceptors (Lipinski definition) is 5. The molecule has 90 valence electrons. The van der Waals surface area contributed by atoms with Gasteiger partial charge in [-0.2, -0.15) is 4.98 Å². The first-order valence-corrected chi connectivity index (χ1v) is 6.11. The molecule has 0 spiro atoms. The van der Waals surface area contributed by atoms with Crippen LogP contribution in [0.15, 0.2) is 4.52 Å². The second kappa shape index (κ2) is 5.84. The van der Waals surface area contributed by atoms with Crippen molar-refractivity contribution < 1.29 is 4.52 Å². The third kappa shape index (κ3) is 3.48. The van der Waals surface area contributed by atoms with E-state index in [9.17, 15) is 0 Å². The SMILES string of the molecule is Cc1noc(NCCN2CCCCCC2)n1. The monoisotopic (exact) mass is 224 g/mol. The number of hydrogen-bond donors (Lipinski definition) is 1. The Hall–Kier alpha value is -1.10. The zero-order valence-corrected chi connectivity index (χ0v) is 9.91. The van der Waals surface area contributed by atoms with E-state index in [1.165, 1.54) is 38.8 Å². The molecule has 1 aromatic rings. The number of nitrogens with one attached hydrogen (secondary N) is 1. The standard InChI is InChI=1S/C11H20N4O/c1-10-13-11(16-14-10)12-6-9-15-7-4-2-3-5-8-15/h2-9H2,1H3,(H,12,13,14). The fourth-order valence-electron chi connectivity index (χ4n) is 2.05. The zero-order valence-electron chi connectivity index (χ0n) is 9.91. The van der Waals surface area contributed by atoms with Crippen LogP contribution in [0.1, 0.15) is 31.5 Å². The predicted octanol–water partition coefficient (Wildman–Crippen LogP) is 1.67. The largest absolute Gasteiger partial charge is 0.336 e. The molecule has 1 aromatic heterocycles. The van der Waals surface area contributed by atoms with Crippen molar-refractivity contribution in [3.63, 3.8) is 0 Å². The van der Waals surface area contributed by atoms with Gasteiger partial charge < -0.3 is 14.7 Å². The van der Waals surface area contributed by atoms with Gasteiger partial charge in [-0.05, 0) is 32.9 Å². The molecule has 1 aliphatic heterocycles. The summed E-state index contributed by atoms with van der Waals surface area (Å²) in [5.74, 6) is 0.678. The average Bonchev–Trinajstić information content (AvgIpc) is 2.54. The Balaban J connectivity index is 1.67. The minimum absolute atomic E-state index is 0.535. The number of likely N-dealkylation sites (tertiary alicyclic amines) is 1. The highest BCUT2D eigenvalue weighted by atomic mass is 16.5. The molecule has 16 heavy (non-hydrogen) atoms. The summed E-state index contributed by atoms with van der Waals surface area (Å²) in [7, 11) is 0. The number of nitrogens with zero attached hydrogens (tertiary/aromatic N) is 3. The van der Waals surface area contributed by atoms with Crippen LogP contribution < -0.4 is 5.32 Å². The van der Waals surface area contributed by atoms with Crippen molar-refractivity contribution in [3.8, 4) is 0 Å². The van der Waals surface area contributed by atoms with E-state index >= 15 is 0 Å². The van der Waals surface area contributed by atoms with Crippen molar-refractivity contribution in [2.24, 2.45) is 0 Å². The fourth-order valence-corrected chi connectivity index (χ4v) is 2.05. The molecule has 0 unspecified atom stereocenters. The summed E-state index contributed by atoms with van der Waals surface area (Å²) in [6, 6.07) is 0.535. The normalized spacial score (nSPS) is 18.3. The summed E-state index contributed by atoms with van der Waals surface area (Å²) in [4.78, 5) is 6.61. The van der Waals surface area contributed by atoms with Crippen molar-refractivity contribution in [3.05, 3.63) is 5.82 Å². The molecule has 0 aliphatic carbocycles. The first kappa shape index (κ1) is 11.4. The predicted molar refractivity (Wildman–Crippen MR) is 62.4 cm³/mol. The molecule has 5 heteroatoms. The second-order valence-electron chi connectivity index (χ2n) is 4.33. The van der Waals surface area contributed by atoms with Gasteiger partial charge in [-0.1, -0.05) is 18.0 Å². The van der Waals surface area contributed by atoms with Crippen LogP contribution in [0, 0.1) is 6.92 Å². The first-order chi connectivity index (χ1) is 7.84. The van der Waals surface area contributed by atoms with Crippen LogP contribution in [-0.4, -0.2) is 41.2 Å². The van der Waals surface area contributed by atoms with E-state index in [1.54, 1.807) is 0 Å². The van der Waals surface area contributed by atoms with E-state index in [2.05, 4.69) is 20.4 Å². The summed E-state index contributed by atoms with van der Waals surface area (Å²) in [6.07, 6.45) is 5.43. The van der Waals surface area contributed by atoms with Gasteiger partial charge in [0, 0.05) is 13.1 Å². The van der Waals surface area contributed by atoms with E-state index in [0.717, 1.165) is 13.1 Å². The lowest BCUT2D eigenvalue weighted by Crippen LogP contribution is -2.30. The summed E-state index contributed by atoms with van der Waals surface area (Å²) in [5.41, 5.74) is 0. The third-order valence-electron chi connectivity index (χ3n) is 2.93. The van der Waals surface area contributed by atoms with E-state index in [4.69, 9.17) is 4.52 Å². The van der Waals surface area contributed by atoms with Crippen LogP contribution in [0.5, 0.6) is 0 Å². The van der Waals surface area contributed by atoms with Crippen molar-refractivity contribution >= 4 is 6.01 Å². The highest BCUT2D eigenvalue weighted by Gasteiger charge is 2.08. The fraction of sp³-hybridized carbons (Fsp3) is 0.818. The molecule has 2 heterocycles. The van der Waals surface area contributed by atoms with E-state index in [1.807, 2.05) is 6.92 Å². The number of anilines is 1. The Morgan fingerprint density at radius 1 is 1.25 bits per heavy atom. The molecule has 0 atom stereocenters. The quantitative estimate of drug-likeness (QED) is 0.843. The molecular formula is C11H20N4O. The Morgan fingerprint density at radius 2 is 2.00 bits per heavy atom. The molecular weight excluding hydrogens is 204 g/mol. The van der Waals surface area contributed by atoms with Crippen LogP contribution in [0.4, 0.5) is 6.01 Å². The maximum atomic E-state index is 4.99. The van der Waals surface area contributed by atoms with Gasteiger partial charge in [0.15, 0.2) is 5.82 Å². The third-order valence-corrected chi connectivity index (χ3v) is 2.93. The molecule has 5 nitrogen and oxygen atoms in total. The number of aromatic nitrogens is 2. The van der Waals surface area contributed by atoms with Gasteiger partial charge in [0.1, 0.15) is 0 Å². The van der Waals surface area contributed by atoms with E-state index in [-0.39, 0.29) is 0 Å². The summed E-state index contributed by atoms with van der Waals surface area (Å²) in [6.45, 7) is 6.21. The molecule has 0 aromatic carbocycles. The van der Waals surface area contributed by atoms with Crippen molar-refractivity contribution in [2.75, 3.05) is 31.5 Å². The van der Waals surface area contributed by atoms with Gasteiger partial charge in [0.25, 0.3) is 0 Å². The summed E-state index contributed by atoms with van der Waals surface area (Å²) in [5, 5.41) is 6.89. The Morgan fingerprint density at radius 3 is 2.62 bits per heavy atom. The lowest BCUT2D eigenvalue weighted by molar-refractivity contribution is 0.295. The Kier molecular flexibility index (Phi) is 4.16. The molecule has 0 saturated carbocycles. The molecule has 0 bridgehead atoms. The maximum absolute atomic E-state index is 4.99. The second-order valence-corrected chi connectivity index (χ2v) is 4.33. The van der Waals surface area contributed by atoms with E-state index in [0.29, 0.717) is 11.8 Å². The van der Waals surface area contributed by atoms with Crippen LogP contribution in [0.25, 0.3) is 0 Å². The van der Waals surface area contributed by atoms with Gasteiger partial charge in [0.2, 0.25) is 0 Å².